The average Bonchev–Trinajstić information content (AvgIpc) is 3.12. The van der Waals surface area contributed by atoms with Crippen LogP contribution in [0.3, 0.4) is 0 Å². The number of amides is 1. The first-order valence-electron chi connectivity index (χ1n) is 9.39. The van der Waals surface area contributed by atoms with Gasteiger partial charge in [0.25, 0.3) is 10.0 Å². The molecule has 4 rings (SSSR count). The van der Waals surface area contributed by atoms with Crippen LogP contribution in [-0.2, 0) is 20.4 Å². The lowest BCUT2D eigenvalue weighted by Crippen LogP contribution is -2.31. The van der Waals surface area contributed by atoms with E-state index in [9.17, 15) is 13.2 Å². The lowest BCUT2D eigenvalue weighted by Gasteiger charge is -2.33. The largest absolute Gasteiger partial charge is 0.497 e. The van der Waals surface area contributed by atoms with Crippen LogP contribution < -0.4 is 19.4 Å². The summed E-state index contributed by atoms with van der Waals surface area (Å²) in [6.45, 7) is 5.42. The van der Waals surface area contributed by atoms with Gasteiger partial charge in [0, 0.05) is 23.7 Å². The van der Waals surface area contributed by atoms with E-state index in [4.69, 9.17) is 9.73 Å². The summed E-state index contributed by atoms with van der Waals surface area (Å²) in [5.74, 6) is 0.131. The summed E-state index contributed by atoms with van der Waals surface area (Å²) < 4.78 is 32.5. The number of carbonyl (C=O) groups excluding carboxylic acids is 1. The second-order valence-corrected chi connectivity index (χ2v) is 11.4. The van der Waals surface area contributed by atoms with Gasteiger partial charge in [-0.1, -0.05) is 20.7 Å². The molecule has 0 saturated carbocycles. The minimum atomic E-state index is -3.87. The second kappa shape index (κ2) is 7.77. The Morgan fingerprint density at radius 1 is 1.13 bits per heavy atom. The van der Waals surface area contributed by atoms with Gasteiger partial charge >= 0.3 is 0 Å². The number of nitrogens with zero attached hydrogens (tertiary/aromatic N) is 1. The molecule has 0 aliphatic carbocycles. The topological polar surface area (TPSA) is 96.9 Å². The first-order valence-corrected chi connectivity index (χ1v) is 13.0. The van der Waals surface area contributed by atoms with E-state index in [1.54, 1.807) is 39.9 Å². The summed E-state index contributed by atoms with van der Waals surface area (Å²) in [5.41, 5.74) is 3.47. The van der Waals surface area contributed by atoms with Gasteiger partial charge in [-0.15, -0.1) is 0 Å². The van der Waals surface area contributed by atoms with Crippen LogP contribution in [0.1, 0.15) is 25.6 Å². The zero-order valence-corrected chi connectivity index (χ0v) is 19.8. The van der Waals surface area contributed by atoms with Gasteiger partial charge in [-0.3, -0.25) is 4.79 Å². The molecule has 0 radical (unpaired) electrons. The number of benzene rings is 2. The van der Waals surface area contributed by atoms with Gasteiger partial charge in [-0.25, -0.2) is 18.1 Å². The van der Waals surface area contributed by atoms with Gasteiger partial charge in [0.05, 0.1) is 28.1 Å². The summed E-state index contributed by atoms with van der Waals surface area (Å²) in [6.07, 6.45) is 0. The molecule has 1 aliphatic rings. The molecule has 0 fully saturated rings. The van der Waals surface area contributed by atoms with E-state index in [1.165, 1.54) is 17.0 Å². The molecule has 31 heavy (non-hydrogen) atoms. The van der Waals surface area contributed by atoms with Crippen molar-refractivity contribution in [1.82, 2.24) is 4.72 Å². The predicted molar refractivity (Wildman–Crippen MR) is 124 cm³/mol. The van der Waals surface area contributed by atoms with Gasteiger partial charge < -0.3 is 10.1 Å². The molecule has 2 N–H and O–H groups in total. The maximum absolute atomic E-state index is 12.2. The van der Waals surface area contributed by atoms with Crippen molar-refractivity contribution in [2.45, 2.75) is 31.2 Å². The van der Waals surface area contributed by atoms with E-state index in [-0.39, 0.29) is 10.4 Å². The molecule has 10 heteroatoms. The van der Waals surface area contributed by atoms with Crippen molar-refractivity contribution in [3.05, 3.63) is 52.0 Å². The highest BCUT2D eigenvalue weighted by molar-refractivity contribution is 7.90. The van der Waals surface area contributed by atoms with Crippen molar-refractivity contribution in [1.29, 1.82) is 0 Å². The second-order valence-electron chi connectivity index (χ2n) is 7.60. The normalized spacial score (nSPS) is 14.9. The SMILES string of the molecule is COc1ccc2c(c1)-c1c(ss/c1=N\c1ccc(S(=O)(=O)NC(C)=O)cc1)C(C)(C)N2. The highest BCUT2D eigenvalue weighted by Crippen LogP contribution is 2.46. The third kappa shape index (κ3) is 4.10. The molecule has 0 bridgehead atoms. The van der Waals surface area contributed by atoms with Gasteiger partial charge in [-0.2, -0.15) is 0 Å². The molecule has 0 spiro atoms. The van der Waals surface area contributed by atoms with Crippen LogP contribution in [0.25, 0.3) is 11.1 Å². The Bertz CT molecular complexity index is 1340. The van der Waals surface area contributed by atoms with E-state index >= 15 is 0 Å². The van der Waals surface area contributed by atoms with E-state index < -0.39 is 15.9 Å². The maximum Gasteiger partial charge on any atom is 0.264 e. The Kier molecular flexibility index (Phi) is 5.40. The number of methoxy groups -OCH3 is 1. The fourth-order valence-electron chi connectivity index (χ4n) is 3.42. The molecule has 162 valence electrons. The maximum atomic E-state index is 12.2. The number of anilines is 1. The average molecular weight is 476 g/mol. The number of fused-ring (bicyclic) bond motifs is 3. The molecule has 7 nitrogen and oxygen atoms in total. The lowest BCUT2D eigenvalue weighted by molar-refractivity contribution is -0.117. The summed E-state index contributed by atoms with van der Waals surface area (Å²) in [4.78, 5) is 17.1. The van der Waals surface area contributed by atoms with Crippen molar-refractivity contribution in [3.8, 4) is 16.9 Å². The van der Waals surface area contributed by atoms with Gasteiger partial charge in [0.2, 0.25) is 5.91 Å². The van der Waals surface area contributed by atoms with E-state index in [2.05, 4.69) is 19.2 Å². The fourth-order valence-corrected chi connectivity index (χ4v) is 7.34. The van der Waals surface area contributed by atoms with E-state index in [0.717, 1.165) is 34.2 Å². The predicted octanol–water partition coefficient (Wildman–Crippen LogP) is 4.20. The summed E-state index contributed by atoms with van der Waals surface area (Å²) in [7, 11) is 1.01. The van der Waals surface area contributed by atoms with Crippen LogP contribution in [0.5, 0.6) is 5.75 Å². The van der Waals surface area contributed by atoms with Crippen LogP contribution in [0, 0.1) is 0 Å². The Labute approximate surface area is 187 Å². The molecule has 2 aromatic carbocycles. The first-order chi connectivity index (χ1) is 14.6. The molecular formula is C21H21N3O4S3. The Balaban J connectivity index is 1.81. The van der Waals surface area contributed by atoms with Crippen molar-refractivity contribution in [2.24, 2.45) is 4.99 Å². The van der Waals surface area contributed by atoms with Crippen LogP contribution >= 0.6 is 20.7 Å². The molecule has 0 saturated heterocycles. The molecule has 1 aliphatic heterocycles. The third-order valence-corrected chi connectivity index (χ3v) is 8.90. The smallest absolute Gasteiger partial charge is 0.264 e. The van der Waals surface area contributed by atoms with Crippen LogP contribution in [0.2, 0.25) is 0 Å². The summed E-state index contributed by atoms with van der Waals surface area (Å²) in [5, 5.41) is 3.58. The molecule has 3 aromatic rings. The summed E-state index contributed by atoms with van der Waals surface area (Å²) in [6, 6.07) is 12.1. The Morgan fingerprint density at radius 2 is 1.84 bits per heavy atom. The molecule has 1 amide bonds. The van der Waals surface area contributed by atoms with Crippen molar-refractivity contribution in [2.75, 3.05) is 12.4 Å². The Hall–Kier alpha value is -2.69. The monoisotopic (exact) mass is 475 g/mol. The number of rotatable bonds is 4. The van der Waals surface area contributed by atoms with Crippen molar-refractivity contribution < 1.29 is 17.9 Å². The number of ether oxygens (including phenoxy) is 1. The van der Waals surface area contributed by atoms with E-state index in [0.29, 0.717) is 5.69 Å². The molecular weight excluding hydrogens is 454 g/mol. The molecule has 1 aromatic heterocycles. The molecule has 0 atom stereocenters. The van der Waals surface area contributed by atoms with E-state index in [1.807, 2.05) is 22.9 Å². The van der Waals surface area contributed by atoms with Crippen LogP contribution in [-0.4, -0.2) is 21.4 Å². The number of carbonyl (C=O) groups is 1. The first kappa shape index (κ1) is 21.5. The quantitative estimate of drug-likeness (QED) is 0.551. The summed E-state index contributed by atoms with van der Waals surface area (Å²) >= 11 is 0. The van der Waals surface area contributed by atoms with Crippen LogP contribution in [0.4, 0.5) is 11.4 Å². The fraction of sp³-hybridized carbons (Fsp3) is 0.238. The third-order valence-electron chi connectivity index (χ3n) is 4.81. The lowest BCUT2D eigenvalue weighted by atomic mass is 9.90. The van der Waals surface area contributed by atoms with Crippen LogP contribution in [0.15, 0.2) is 52.4 Å². The van der Waals surface area contributed by atoms with Gasteiger partial charge in [0.1, 0.15) is 10.4 Å². The Morgan fingerprint density at radius 3 is 2.48 bits per heavy atom. The van der Waals surface area contributed by atoms with Gasteiger partial charge in [0.15, 0.2) is 0 Å². The minimum Gasteiger partial charge on any atom is -0.497 e. The highest BCUT2D eigenvalue weighted by Gasteiger charge is 2.33. The zero-order chi connectivity index (χ0) is 22.4. The van der Waals surface area contributed by atoms with Crippen molar-refractivity contribution in [3.63, 3.8) is 0 Å². The molecule has 2 heterocycles. The zero-order valence-electron chi connectivity index (χ0n) is 17.3. The molecule has 0 unspecified atom stereocenters. The number of hydrogen-bond donors (Lipinski definition) is 2. The highest BCUT2D eigenvalue weighted by atomic mass is 32.9. The number of nitrogens with one attached hydrogen (secondary N) is 2. The van der Waals surface area contributed by atoms with Gasteiger partial charge in [-0.05, 0) is 56.3 Å². The number of sulfonamides is 1. The van der Waals surface area contributed by atoms with Crippen molar-refractivity contribution >= 4 is 48.0 Å². The standard InChI is InChI=1S/C21H21N3O4S3/c1-12(25)24-31(26,27)15-8-5-13(6-9-15)22-20-18-16-11-14(28-4)7-10-17(16)23-21(2,3)19(18)29-30-20/h5-11,23H,1-4H3,(H,24,25)/b22-20-. The number of hydrogen-bond acceptors (Lipinski definition) is 8. The minimum absolute atomic E-state index is 0.0121.